The zero-order valence-electron chi connectivity index (χ0n) is 10.6. The molecule has 0 aliphatic heterocycles. The minimum absolute atomic E-state index is 0.0357. The van der Waals surface area contributed by atoms with Gasteiger partial charge < -0.3 is 4.74 Å². The van der Waals surface area contributed by atoms with Gasteiger partial charge in [-0.2, -0.15) is 0 Å². The normalized spacial score (nSPS) is 13.1. The summed E-state index contributed by atoms with van der Waals surface area (Å²) >= 11 is 3.35. The lowest BCUT2D eigenvalue weighted by Crippen LogP contribution is -1.96. The van der Waals surface area contributed by atoms with E-state index in [-0.39, 0.29) is 10.6 Å². The van der Waals surface area contributed by atoms with Crippen molar-refractivity contribution < 1.29 is 9.66 Å². The predicted octanol–water partition coefficient (Wildman–Crippen LogP) is 4.64. The second-order valence-electron chi connectivity index (χ2n) is 4.76. The van der Waals surface area contributed by atoms with E-state index in [0.717, 1.165) is 34.9 Å². The molecule has 5 heteroatoms. The van der Waals surface area contributed by atoms with E-state index in [1.807, 2.05) is 18.2 Å². The summed E-state index contributed by atoms with van der Waals surface area (Å²) in [5.74, 6) is 0.909. The van der Waals surface area contributed by atoms with Gasteiger partial charge in [0, 0.05) is 10.5 Å². The summed E-state index contributed by atoms with van der Waals surface area (Å²) in [5.41, 5.74) is 2.26. The number of nitrogens with zero attached hydrogens (tertiary/aromatic N) is 1. The zero-order chi connectivity index (χ0) is 14.1. The zero-order valence-corrected chi connectivity index (χ0v) is 12.2. The molecule has 0 atom stereocenters. The third kappa shape index (κ3) is 2.54. The molecule has 0 bridgehead atoms. The first-order chi connectivity index (χ1) is 9.63. The molecule has 0 unspecified atom stereocenters. The highest BCUT2D eigenvalue weighted by molar-refractivity contribution is 9.10. The van der Waals surface area contributed by atoms with Crippen LogP contribution in [0.25, 0.3) is 0 Å². The standard InChI is InChI=1S/C15H12BrNO3/c16-12-4-6-13(7-5-12)20-15-9-11-3-1-2-10(11)8-14(15)17(18)19/h4-9H,1-3H2. The van der Waals surface area contributed by atoms with Crippen LogP contribution < -0.4 is 4.74 Å². The molecule has 0 N–H and O–H groups in total. The lowest BCUT2D eigenvalue weighted by molar-refractivity contribution is -0.385. The molecule has 0 fully saturated rings. The van der Waals surface area contributed by atoms with Gasteiger partial charge in [-0.25, -0.2) is 0 Å². The van der Waals surface area contributed by atoms with Crippen molar-refractivity contribution in [2.24, 2.45) is 0 Å². The predicted molar refractivity (Wildman–Crippen MR) is 79.3 cm³/mol. The maximum atomic E-state index is 11.2. The van der Waals surface area contributed by atoms with Crippen LogP contribution in [0.2, 0.25) is 0 Å². The van der Waals surface area contributed by atoms with Crippen molar-refractivity contribution in [3.8, 4) is 11.5 Å². The summed E-state index contributed by atoms with van der Waals surface area (Å²) in [6.07, 6.45) is 2.92. The first-order valence-corrected chi connectivity index (χ1v) is 7.16. The van der Waals surface area contributed by atoms with Gasteiger partial charge in [0.05, 0.1) is 4.92 Å². The van der Waals surface area contributed by atoms with Crippen LogP contribution in [0.3, 0.4) is 0 Å². The largest absolute Gasteiger partial charge is 0.450 e. The average molecular weight is 334 g/mol. The lowest BCUT2D eigenvalue weighted by Gasteiger charge is -2.08. The first-order valence-electron chi connectivity index (χ1n) is 6.37. The Hall–Kier alpha value is -1.88. The van der Waals surface area contributed by atoms with Crippen LogP contribution in [0, 0.1) is 10.1 Å². The molecule has 0 heterocycles. The van der Waals surface area contributed by atoms with E-state index in [0.29, 0.717) is 11.5 Å². The molecule has 102 valence electrons. The molecule has 0 amide bonds. The highest BCUT2D eigenvalue weighted by Crippen LogP contribution is 2.37. The highest BCUT2D eigenvalue weighted by Gasteiger charge is 2.22. The van der Waals surface area contributed by atoms with Crippen LogP contribution in [0.1, 0.15) is 17.5 Å². The van der Waals surface area contributed by atoms with Gasteiger partial charge in [-0.15, -0.1) is 0 Å². The molecule has 3 rings (SSSR count). The molecule has 1 aliphatic rings. The van der Waals surface area contributed by atoms with Crippen LogP contribution in [-0.4, -0.2) is 4.92 Å². The molecule has 0 saturated heterocycles. The minimum Gasteiger partial charge on any atom is -0.450 e. The van der Waals surface area contributed by atoms with Crippen molar-refractivity contribution in [1.29, 1.82) is 0 Å². The third-order valence-corrected chi connectivity index (χ3v) is 3.94. The van der Waals surface area contributed by atoms with Gasteiger partial charge >= 0.3 is 5.69 Å². The lowest BCUT2D eigenvalue weighted by atomic mass is 10.1. The molecule has 0 saturated carbocycles. The number of ether oxygens (including phenoxy) is 1. The molecule has 0 radical (unpaired) electrons. The van der Waals surface area contributed by atoms with E-state index in [1.165, 1.54) is 0 Å². The molecule has 2 aromatic rings. The molecule has 0 spiro atoms. The molecule has 20 heavy (non-hydrogen) atoms. The van der Waals surface area contributed by atoms with E-state index in [2.05, 4.69) is 15.9 Å². The number of nitro benzene ring substituents is 1. The molecule has 0 aromatic heterocycles. The van der Waals surface area contributed by atoms with Crippen molar-refractivity contribution in [3.05, 3.63) is 62.1 Å². The summed E-state index contributed by atoms with van der Waals surface area (Å²) in [7, 11) is 0. The van der Waals surface area contributed by atoms with E-state index in [1.54, 1.807) is 18.2 Å². The summed E-state index contributed by atoms with van der Waals surface area (Å²) in [4.78, 5) is 10.8. The average Bonchev–Trinajstić information content (AvgIpc) is 2.87. The maximum absolute atomic E-state index is 11.2. The number of benzene rings is 2. The number of halogens is 1. The third-order valence-electron chi connectivity index (χ3n) is 3.41. The fourth-order valence-corrected chi connectivity index (χ4v) is 2.71. The SMILES string of the molecule is O=[N+]([O-])c1cc2c(cc1Oc1ccc(Br)cc1)CCC2. The molecule has 4 nitrogen and oxygen atoms in total. The minimum atomic E-state index is -0.382. The Morgan fingerprint density at radius 1 is 1.10 bits per heavy atom. The van der Waals surface area contributed by atoms with E-state index in [4.69, 9.17) is 4.74 Å². The fourth-order valence-electron chi connectivity index (χ4n) is 2.44. The summed E-state index contributed by atoms with van der Waals surface area (Å²) in [6.45, 7) is 0. The van der Waals surface area contributed by atoms with Crippen molar-refractivity contribution in [1.82, 2.24) is 0 Å². The Labute approximate surface area is 124 Å². The Morgan fingerprint density at radius 2 is 1.75 bits per heavy atom. The van der Waals surface area contributed by atoms with Gasteiger partial charge in [-0.3, -0.25) is 10.1 Å². The van der Waals surface area contributed by atoms with Crippen LogP contribution in [0.4, 0.5) is 5.69 Å². The number of hydrogen-bond acceptors (Lipinski definition) is 3. The van der Waals surface area contributed by atoms with E-state index >= 15 is 0 Å². The Morgan fingerprint density at radius 3 is 2.40 bits per heavy atom. The van der Waals surface area contributed by atoms with E-state index in [9.17, 15) is 10.1 Å². The fraction of sp³-hybridized carbons (Fsp3) is 0.200. The first kappa shape index (κ1) is 13.1. The van der Waals surface area contributed by atoms with Crippen LogP contribution >= 0.6 is 15.9 Å². The van der Waals surface area contributed by atoms with Gasteiger partial charge in [-0.05, 0) is 60.7 Å². The summed E-state index contributed by atoms with van der Waals surface area (Å²) < 4.78 is 6.63. The number of aryl methyl sites for hydroxylation is 2. The molecular formula is C15H12BrNO3. The topological polar surface area (TPSA) is 52.4 Å². The van der Waals surface area contributed by atoms with Crippen molar-refractivity contribution in [2.75, 3.05) is 0 Å². The Bertz CT molecular complexity index is 668. The monoisotopic (exact) mass is 333 g/mol. The van der Waals surface area contributed by atoms with Crippen molar-refractivity contribution in [2.45, 2.75) is 19.3 Å². The smallest absolute Gasteiger partial charge is 0.311 e. The quantitative estimate of drug-likeness (QED) is 0.607. The van der Waals surface area contributed by atoms with Gasteiger partial charge in [0.1, 0.15) is 5.75 Å². The second-order valence-corrected chi connectivity index (χ2v) is 5.67. The van der Waals surface area contributed by atoms with Gasteiger partial charge in [-0.1, -0.05) is 15.9 Å². The van der Waals surface area contributed by atoms with Crippen LogP contribution in [0.5, 0.6) is 11.5 Å². The van der Waals surface area contributed by atoms with Gasteiger partial charge in [0.15, 0.2) is 0 Å². The van der Waals surface area contributed by atoms with Crippen LogP contribution in [-0.2, 0) is 12.8 Å². The number of fused-ring (bicyclic) bond motifs is 1. The summed E-state index contributed by atoms with van der Waals surface area (Å²) in [6, 6.07) is 10.7. The van der Waals surface area contributed by atoms with Crippen molar-refractivity contribution in [3.63, 3.8) is 0 Å². The van der Waals surface area contributed by atoms with Gasteiger partial charge in [0.2, 0.25) is 5.75 Å². The molecular weight excluding hydrogens is 322 g/mol. The summed E-state index contributed by atoms with van der Waals surface area (Å²) in [5, 5.41) is 11.2. The number of hydrogen-bond donors (Lipinski definition) is 0. The maximum Gasteiger partial charge on any atom is 0.311 e. The molecule has 1 aliphatic carbocycles. The number of nitro groups is 1. The Balaban J connectivity index is 1.99. The van der Waals surface area contributed by atoms with Gasteiger partial charge in [0.25, 0.3) is 0 Å². The molecule has 2 aromatic carbocycles. The highest BCUT2D eigenvalue weighted by atomic mass is 79.9. The van der Waals surface area contributed by atoms with Crippen LogP contribution in [0.15, 0.2) is 40.9 Å². The Kier molecular flexibility index (Phi) is 3.44. The van der Waals surface area contributed by atoms with E-state index < -0.39 is 0 Å². The second kappa shape index (κ2) is 5.25. The number of rotatable bonds is 3. The van der Waals surface area contributed by atoms with Crippen molar-refractivity contribution >= 4 is 21.6 Å².